The van der Waals surface area contributed by atoms with Gasteiger partial charge in [0, 0.05) is 11.3 Å². The number of fused-ring (bicyclic) bond motifs is 6. The topological polar surface area (TPSA) is 18.5 Å². The van der Waals surface area contributed by atoms with Gasteiger partial charge in [-0.15, -0.1) is 0 Å². The largest absolute Gasteiger partial charge is 0.293 e. The van der Waals surface area contributed by atoms with Gasteiger partial charge in [-0.3, -0.25) is 10.3 Å². The minimum atomic E-state index is -0.0477. The van der Waals surface area contributed by atoms with Crippen molar-refractivity contribution in [3.8, 4) is 11.1 Å². The van der Waals surface area contributed by atoms with Crippen molar-refractivity contribution in [2.24, 2.45) is 0 Å². The molecule has 0 bridgehead atoms. The standard InChI is InChI=1S/C41H35N3/c1-41(2)34-21-13-12-20-33(34)37-35(41)25-24-32-31-23-22-30(27-14-6-3-7-15-27)26-36(31)43(38(32)37)44-39(28-16-8-4-9-17-28)42-40(44)29-18-10-5-11-19-29/h3-26,32,38-40,42H,1-2H3. The molecule has 5 aromatic carbocycles. The maximum atomic E-state index is 3.96. The molecule has 1 fully saturated rings. The van der Waals surface area contributed by atoms with Crippen molar-refractivity contribution in [2.75, 3.05) is 5.01 Å². The summed E-state index contributed by atoms with van der Waals surface area (Å²) in [5.41, 5.74) is 13.4. The van der Waals surface area contributed by atoms with Gasteiger partial charge in [0.15, 0.2) is 0 Å². The Morgan fingerprint density at radius 1 is 0.636 bits per heavy atom. The molecule has 1 N–H and O–H groups in total. The van der Waals surface area contributed by atoms with Gasteiger partial charge in [-0.25, -0.2) is 0 Å². The number of allylic oxidation sites excluding steroid dienone is 2. The molecule has 4 aliphatic rings. The monoisotopic (exact) mass is 569 g/mol. The van der Waals surface area contributed by atoms with Crippen molar-refractivity contribution >= 4 is 11.3 Å². The number of nitrogens with zero attached hydrogens (tertiary/aromatic N) is 2. The lowest BCUT2D eigenvalue weighted by Gasteiger charge is -2.56. The third-order valence-electron chi connectivity index (χ3n) is 10.3. The molecule has 4 unspecified atom stereocenters. The maximum absolute atomic E-state index is 3.96. The Hall–Kier alpha value is -4.70. The number of hydrazine groups is 1. The molecule has 3 heteroatoms. The summed E-state index contributed by atoms with van der Waals surface area (Å²) in [5.74, 6) is 0.254. The molecular formula is C41H35N3. The molecule has 2 aliphatic carbocycles. The van der Waals surface area contributed by atoms with Crippen LogP contribution in [0.2, 0.25) is 0 Å². The summed E-state index contributed by atoms with van der Waals surface area (Å²) in [6, 6.07) is 49.0. The second-order valence-electron chi connectivity index (χ2n) is 13.0. The molecule has 4 atom stereocenters. The third kappa shape index (κ3) is 3.63. The first-order valence-corrected chi connectivity index (χ1v) is 15.8. The SMILES string of the molecule is CC1(C)C2=C(c3ccccc31)C1C(C=C2)c2ccc(-c3ccccc3)cc2N1N1C(c2ccccc2)NC1c1ccccc1. The Bertz CT molecular complexity index is 1900. The van der Waals surface area contributed by atoms with Crippen LogP contribution in [0.15, 0.2) is 151 Å². The fraction of sp³-hybridized carbons (Fsp3) is 0.171. The highest BCUT2D eigenvalue weighted by Crippen LogP contribution is 2.59. The first kappa shape index (κ1) is 25.8. The van der Waals surface area contributed by atoms with E-state index >= 15 is 0 Å². The van der Waals surface area contributed by atoms with E-state index in [9.17, 15) is 0 Å². The molecule has 0 aromatic heterocycles. The van der Waals surface area contributed by atoms with Crippen molar-refractivity contribution in [1.29, 1.82) is 0 Å². The van der Waals surface area contributed by atoms with Crippen LogP contribution >= 0.6 is 0 Å². The summed E-state index contributed by atoms with van der Waals surface area (Å²) >= 11 is 0. The van der Waals surface area contributed by atoms with Gasteiger partial charge < -0.3 is 0 Å². The van der Waals surface area contributed by atoms with E-state index < -0.39 is 0 Å². The second-order valence-corrected chi connectivity index (χ2v) is 13.0. The Morgan fingerprint density at radius 3 is 1.93 bits per heavy atom. The van der Waals surface area contributed by atoms with Crippen molar-refractivity contribution in [1.82, 2.24) is 10.3 Å². The molecule has 5 aromatic rings. The van der Waals surface area contributed by atoms with Gasteiger partial charge in [0.05, 0.1) is 11.7 Å². The number of nitrogens with one attached hydrogen (secondary N) is 1. The van der Waals surface area contributed by atoms with E-state index in [4.69, 9.17) is 0 Å². The van der Waals surface area contributed by atoms with E-state index in [0.29, 0.717) is 0 Å². The van der Waals surface area contributed by atoms with E-state index in [2.05, 4.69) is 175 Å². The highest BCUT2D eigenvalue weighted by molar-refractivity contribution is 5.91. The number of anilines is 1. The molecule has 3 nitrogen and oxygen atoms in total. The molecule has 214 valence electrons. The normalized spacial score (nSPS) is 24.4. The van der Waals surface area contributed by atoms with Crippen LogP contribution in [-0.2, 0) is 5.41 Å². The highest BCUT2D eigenvalue weighted by Gasteiger charge is 2.54. The molecule has 0 saturated carbocycles. The Labute approximate surface area is 259 Å². The van der Waals surface area contributed by atoms with Crippen LogP contribution in [0.3, 0.4) is 0 Å². The lowest BCUT2D eigenvalue weighted by molar-refractivity contribution is -0.0465. The molecule has 0 radical (unpaired) electrons. The van der Waals surface area contributed by atoms with E-state index in [1.54, 1.807) is 0 Å². The zero-order valence-corrected chi connectivity index (χ0v) is 25.1. The Morgan fingerprint density at radius 2 is 1.25 bits per heavy atom. The average Bonchev–Trinajstić information content (AvgIpc) is 3.50. The molecule has 0 spiro atoms. The number of hydrogen-bond acceptors (Lipinski definition) is 3. The number of hydrogen-bond donors (Lipinski definition) is 1. The van der Waals surface area contributed by atoms with Crippen molar-refractivity contribution in [3.05, 3.63) is 179 Å². The Balaban J connectivity index is 1.28. The van der Waals surface area contributed by atoms with Gasteiger partial charge in [0.1, 0.15) is 12.3 Å². The number of rotatable bonds is 4. The van der Waals surface area contributed by atoms with Crippen molar-refractivity contribution in [3.63, 3.8) is 0 Å². The quantitative estimate of drug-likeness (QED) is 0.233. The van der Waals surface area contributed by atoms with Crippen LogP contribution in [0.1, 0.15) is 59.9 Å². The van der Waals surface area contributed by atoms with Gasteiger partial charge in [0.25, 0.3) is 0 Å². The summed E-state index contributed by atoms with van der Waals surface area (Å²) in [6.45, 7) is 4.78. The smallest absolute Gasteiger partial charge is 0.108 e. The minimum absolute atomic E-state index is 0.0477. The first-order chi connectivity index (χ1) is 21.6. The van der Waals surface area contributed by atoms with Gasteiger partial charge in [-0.1, -0.05) is 153 Å². The summed E-state index contributed by atoms with van der Waals surface area (Å²) < 4.78 is 0. The molecule has 44 heavy (non-hydrogen) atoms. The van der Waals surface area contributed by atoms with Gasteiger partial charge in [-0.05, 0) is 56.2 Å². The second kappa shape index (κ2) is 9.65. The average molecular weight is 570 g/mol. The van der Waals surface area contributed by atoms with E-state index in [0.717, 1.165) is 0 Å². The summed E-state index contributed by atoms with van der Waals surface area (Å²) in [7, 11) is 0. The molecule has 2 heterocycles. The fourth-order valence-electron chi connectivity index (χ4n) is 8.18. The molecule has 9 rings (SSSR count). The van der Waals surface area contributed by atoms with Crippen molar-refractivity contribution in [2.45, 2.75) is 43.6 Å². The van der Waals surface area contributed by atoms with Crippen LogP contribution < -0.4 is 10.3 Å². The zero-order chi connectivity index (χ0) is 29.4. The third-order valence-corrected chi connectivity index (χ3v) is 10.3. The molecule has 0 amide bonds. The summed E-state index contributed by atoms with van der Waals surface area (Å²) in [4.78, 5) is 0. The number of benzene rings is 5. The van der Waals surface area contributed by atoms with Crippen LogP contribution in [0.4, 0.5) is 5.69 Å². The minimum Gasteiger partial charge on any atom is -0.293 e. The first-order valence-electron chi connectivity index (χ1n) is 15.8. The van der Waals surface area contributed by atoms with Crippen LogP contribution in [0.25, 0.3) is 16.7 Å². The summed E-state index contributed by atoms with van der Waals surface area (Å²) in [6.07, 6.45) is 5.02. The fourth-order valence-corrected chi connectivity index (χ4v) is 8.18. The molecule has 2 aliphatic heterocycles. The zero-order valence-electron chi connectivity index (χ0n) is 25.1. The maximum Gasteiger partial charge on any atom is 0.108 e. The highest BCUT2D eigenvalue weighted by atomic mass is 15.8. The summed E-state index contributed by atoms with van der Waals surface area (Å²) in [5, 5.41) is 9.26. The lowest BCUT2D eigenvalue weighted by Crippen LogP contribution is -2.66. The van der Waals surface area contributed by atoms with Crippen molar-refractivity contribution < 1.29 is 0 Å². The predicted octanol–water partition coefficient (Wildman–Crippen LogP) is 9.16. The van der Waals surface area contributed by atoms with Gasteiger partial charge in [-0.2, -0.15) is 5.01 Å². The van der Waals surface area contributed by atoms with Gasteiger partial charge >= 0.3 is 0 Å². The van der Waals surface area contributed by atoms with E-state index in [1.165, 1.54) is 55.8 Å². The molecule has 1 saturated heterocycles. The molecular weight excluding hydrogens is 534 g/mol. The Kier molecular flexibility index (Phi) is 5.65. The van der Waals surface area contributed by atoms with E-state index in [-0.39, 0.29) is 29.7 Å². The lowest BCUT2D eigenvalue weighted by atomic mass is 9.77. The van der Waals surface area contributed by atoms with Crippen LogP contribution in [0.5, 0.6) is 0 Å². The predicted molar refractivity (Wildman–Crippen MR) is 180 cm³/mol. The van der Waals surface area contributed by atoms with Crippen LogP contribution in [-0.4, -0.2) is 11.1 Å². The van der Waals surface area contributed by atoms with Crippen LogP contribution in [0, 0.1) is 0 Å². The van der Waals surface area contributed by atoms with E-state index in [1.807, 2.05) is 0 Å². The van der Waals surface area contributed by atoms with Gasteiger partial charge in [0.2, 0.25) is 0 Å².